The van der Waals surface area contributed by atoms with Crippen LogP contribution in [0.4, 0.5) is 0 Å². The zero-order valence-corrected chi connectivity index (χ0v) is 11.8. The van der Waals surface area contributed by atoms with Gasteiger partial charge in [0.25, 0.3) is 5.91 Å². The summed E-state index contributed by atoms with van der Waals surface area (Å²) >= 11 is 0. The van der Waals surface area contributed by atoms with Crippen LogP contribution in [0.15, 0.2) is 24.5 Å². The Labute approximate surface area is 115 Å². The summed E-state index contributed by atoms with van der Waals surface area (Å²) in [6.07, 6.45) is 3.21. The molecule has 0 bridgehead atoms. The Balaban J connectivity index is 2.07. The topological polar surface area (TPSA) is 54.5 Å². The minimum atomic E-state index is -0.0882. The number of nitrogens with one attached hydrogen (secondary N) is 1. The van der Waals surface area contributed by atoms with Gasteiger partial charge in [-0.3, -0.25) is 9.78 Å². The van der Waals surface area contributed by atoms with Gasteiger partial charge in [-0.15, -0.1) is 0 Å². The van der Waals surface area contributed by atoms with Gasteiger partial charge in [0.1, 0.15) is 0 Å². The van der Waals surface area contributed by atoms with Crippen molar-refractivity contribution in [3.8, 4) is 0 Å². The molecule has 0 aliphatic carbocycles. The van der Waals surface area contributed by atoms with Gasteiger partial charge in [0.2, 0.25) is 0 Å². The molecule has 1 aromatic heterocycles. The molecular formula is C14H23N3O2. The number of ether oxygens (including phenoxy) is 1. The lowest BCUT2D eigenvalue weighted by molar-refractivity contribution is 0.0884. The van der Waals surface area contributed by atoms with Crippen molar-refractivity contribution in [1.82, 2.24) is 15.2 Å². The summed E-state index contributed by atoms with van der Waals surface area (Å²) in [5.74, 6) is -0.0882. The zero-order valence-electron chi connectivity index (χ0n) is 11.8. The summed E-state index contributed by atoms with van der Waals surface area (Å²) in [5.41, 5.74) is 0.623. The highest BCUT2D eigenvalue weighted by Crippen LogP contribution is 1.95. The lowest BCUT2D eigenvalue weighted by Crippen LogP contribution is -2.30. The number of hydrogen-bond acceptors (Lipinski definition) is 4. The van der Waals surface area contributed by atoms with Crippen molar-refractivity contribution in [3.63, 3.8) is 0 Å². The molecule has 0 saturated carbocycles. The maximum Gasteiger partial charge on any atom is 0.251 e. The van der Waals surface area contributed by atoms with Crippen molar-refractivity contribution in [2.24, 2.45) is 0 Å². The van der Waals surface area contributed by atoms with E-state index in [-0.39, 0.29) is 5.91 Å². The fourth-order valence-electron chi connectivity index (χ4n) is 1.68. The van der Waals surface area contributed by atoms with Gasteiger partial charge in [-0.1, -0.05) is 13.8 Å². The molecule has 1 heterocycles. The van der Waals surface area contributed by atoms with E-state index < -0.39 is 0 Å². The Morgan fingerprint density at radius 2 is 1.95 bits per heavy atom. The first kappa shape index (κ1) is 15.6. The summed E-state index contributed by atoms with van der Waals surface area (Å²) in [6, 6.07) is 3.38. The Morgan fingerprint density at radius 1 is 1.26 bits per heavy atom. The molecule has 0 aliphatic rings. The highest BCUT2D eigenvalue weighted by Gasteiger charge is 2.03. The van der Waals surface area contributed by atoms with Crippen molar-refractivity contribution >= 4 is 5.91 Å². The highest BCUT2D eigenvalue weighted by atomic mass is 16.5. The average molecular weight is 265 g/mol. The lowest BCUT2D eigenvalue weighted by atomic mass is 10.2. The van der Waals surface area contributed by atoms with Crippen LogP contribution < -0.4 is 5.32 Å². The van der Waals surface area contributed by atoms with Crippen LogP contribution in [0.1, 0.15) is 24.2 Å². The molecule has 0 saturated heterocycles. The number of nitrogens with zero attached hydrogens (tertiary/aromatic N) is 2. The van der Waals surface area contributed by atoms with Crippen molar-refractivity contribution in [3.05, 3.63) is 30.1 Å². The third kappa shape index (κ3) is 6.31. The van der Waals surface area contributed by atoms with E-state index in [4.69, 9.17) is 4.74 Å². The second kappa shape index (κ2) is 9.47. The minimum Gasteiger partial charge on any atom is -0.378 e. The number of hydrogen-bond donors (Lipinski definition) is 1. The van der Waals surface area contributed by atoms with Gasteiger partial charge in [-0.25, -0.2) is 0 Å². The Kier molecular flexibility index (Phi) is 7.77. The van der Waals surface area contributed by atoms with Gasteiger partial charge in [0, 0.05) is 31.0 Å². The molecule has 0 spiro atoms. The second-order valence-electron chi connectivity index (χ2n) is 4.13. The lowest BCUT2D eigenvalue weighted by Gasteiger charge is -2.17. The van der Waals surface area contributed by atoms with Crippen LogP contribution >= 0.6 is 0 Å². The van der Waals surface area contributed by atoms with Crippen LogP contribution in [0, 0.1) is 0 Å². The van der Waals surface area contributed by atoms with Crippen LogP contribution in [0.3, 0.4) is 0 Å². The second-order valence-corrected chi connectivity index (χ2v) is 4.13. The summed E-state index contributed by atoms with van der Waals surface area (Å²) < 4.78 is 5.49. The Morgan fingerprint density at radius 3 is 2.58 bits per heavy atom. The van der Waals surface area contributed by atoms with E-state index in [1.165, 1.54) is 0 Å². The molecule has 0 aliphatic heterocycles. The molecule has 106 valence electrons. The summed E-state index contributed by atoms with van der Waals surface area (Å²) in [4.78, 5) is 17.8. The van der Waals surface area contributed by atoms with Crippen molar-refractivity contribution < 1.29 is 9.53 Å². The van der Waals surface area contributed by atoms with Crippen LogP contribution in [0.25, 0.3) is 0 Å². The van der Waals surface area contributed by atoms with Crippen molar-refractivity contribution in [2.75, 3.05) is 39.4 Å². The highest BCUT2D eigenvalue weighted by molar-refractivity contribution is 5.93. The number of carbonyl (C=O) groups excluding carboxylic acids is 1. The van der Waals surface area contributed by atoms with E-state index in [2.05, 4.69) is 29.0 Å². The largest absolute Gasteiger partial charge is 0.378 e. The number of rotatable bonds is 9. The molecule has 0 atom stereocenters. The SMILES string of the molecule is CCN(CC)CCOCCNC(=O)c1ccncc1. The van der Waals surface area contributed by atoms with E-state index >= 15 is 0 Å². The monoisotopic (exact) mass is 265 g/mol. The molecule has 5 nitrogen and oxygen atoms in total. The standard InChI is InChI=1S/C14H23N3O2/c1-3-17(4-2)10-12-19-11-9-16-14(18)13-5-7-15-8-6-13/h5-8H,3-4,9-12H2,1-2H3,(H,16,18). The zero-order chi connectivity index (χ0) is 13.9. The predicted molar refractivity (Wildman–Crippen MR) is 75.2 cm³/mol. The van der Waals surface area contributed by atoms with Crippen LogP contribution in [-0.2, 0) is 4.74 Å². The molecule has 1 aromatic rings. The molecule has 1 amide bonds. The number of amides is 1. The molecule has 1 rings (SSSR count). The fourth-order valence-corrected chi connectivity index (χ4v) is 1.68. The molecule has 0 aromatic carbocycles. The molecule has 0 unspecified atom stereocenters. The van der Waals surface area contributed by atoms with E-state index in [1.807, 2.05) is 0 Å². The third-order valence-corrected chi connectivity index (χ3v) is 2.92. The van der Waals surface area contributed by atoms with Crippen LogP contribution in [0.2, 0.25) is 0 Å². The third-order valence-electron chi connectivity index (χ3n) is 2.92. The average Bonchev–Trinajstić information content (AvgIpc) is 2.47. The van der Waals surface area contributed by atoms with Crippen molar-refractivity contribution in [2.45, 2.75) is 13.8 Å². The quantitative estimate of drug-likeness (QED) is 0.681. The van der Waals surface area contributed by atoms with Gasteiger partial charge in [-0.05, 0) is 25.2 Å². The van der Waals surface area contributed by atoms with Crippen LogP contribution in [-0.4, -0.2) is 55.2 Å². The Hall–Kier alpha value is -1.46. The minimum absolute atomic E-state index is 0.0882. The summed E-state index contributed by atoms with van der Waals surface area (Å²) in [7, 11) is 0. The van der Waals surface area contributed by atoms with E-state index in [0.717, 1.165) is 19.6 Å². The number of pyridine rings is 1. The number of carbonyl (C=O) groups is 1. The normalized spacial score (nSPS) is 10.7. The molecule has 0 radical (unpaired) electrons. The first-order valence-corrected chi connectivity index (χ1v) is 6.76. The van der Waals surface area contributed by atoms with Crippen molar-refractivity contribution in [1.29, 1.82) is 0 Å². The molecule has 0 fully saturated rings. The van der Waals surface area contributed by atoms with E-state index in [1.54, 1.807) is 24.5 Å². The van der Waals surface area contributed by atoms with Gasteiger partial charge >= 0.3 is 0 Å². The summed E-state index contributed by atoms with van der Waals surface area (Å²) in [5, 5.41) is 2.81. The summed E-state index contributed by atoms with van der Waals surface area (Å²) in [6.45, 7) is 9.06. The van der Waals surface area contributed by atoms with Crippen LogP contribution in [0.5, 0.6) is 0 Å². The molecule has 1 N–H and O–H groups in total. The maximum atomic E-state index is 11.7. The fraction of sp³-hybridized carbons (Fsp3) is 0.571. The van der Waals surface area contributed by atoms with Gasteiger partial charge in [-0.2, -0.15) is 0 Å². The Bertz CT molecular complexity index is 353. The van der Waals surface area contributed by atoms with Gasteiger partial charge < -0.3 is 15.0 Å². The van der Waals surface area contributed by atoms with Gasteiger partial charge in [0.15, 0.2) is 0 Å². The molecular weight excluding hydrogens is 242 g/mol. The number of likely N-dealkylation sites (N-methyl/N-ethyl adjacent to an activating group) is 1. The van der Waals surface area contributed by atoms with Gasteiger partial charge in [0.05, 0.1) is 13.2 Å². The van der Waals surface area contributed by atoms with E-state index in [9.17, 15) is 4.79 Å². The number of aromatic nitrogens is 1. The van der Waals surface area contributed by atoms with E-state index in [0.29, 0.717) is 25.3 Å². The molecule has 19 heavy (non-hydrogen) atoms. The molecule has 5 heteroatoms. The first-order chi connectivity index (χ1) is 9.27. The first-order valence-electron chi connectivity index (χ1n) is 6.76. The predicted octanol–water partition coefficient (Wildman–Crippen LogP) is 1.17. The maximum absolute atomic E-state index is 11.7. The smallest absolute Gasteiger partial charge is 0.251 e.